The highest BCUT2D eigenvalue weighted by Gasteiger charge is 2.23. The molecule has 1 saturated heterocycles. The number of benzene rings is 1. The Balaban J connectivity index is 2.21. The number of rotatable bonds is 1. The molecular weight excluding hydrogens is 222 g/mol. The van der Waals surface area contributed by atoms with Gasteiger partial charge in [-0.05, 0) is 18.6 Å². The van der Waals surface area contributed by atoms with Crippen molar-refractivity contribution in [2.75, 3.05) is 13.1 Å². The van der Waals surface area contributed by atoms with Gasteiger partial charge >= 0.3 is 0 Å². The van der Waals surface area contributed by atoms with Gasteiger partial charge in [0.25, 0.3) is 5.91 Å². The van der Waals surface area contributed by atoms with Gasteiger partial charge in [0.2, 0.25) is 0 Å². The van der Waals surface area contributed by atoms with E-state index in [1.165, 1.54) is 17.0 Å². The van der Waals surface area contributed by atoms with Crippen molar-refractivity contribution >= 4 is 11.7 Å². The Labute approximate surface area is 98.3 Å². The second-order valence-electron chi connectivity index (χ2n) is 4.11. The first-order valence-electron chi connectivity index (χ1n) is 5.40. The van der Waals surface area contributed by atoms with Crippen molar-refractivity contribution in [3.63, 3.8) is 0 Å². The van der Waals surface area contributed by atoms with Crippen LogP contribution in [-0.4, -0.2) is 39.9 Å². The van der Waals surface area contributed by atoms with E-state index in [2.05, 4.69) is 0 Å². The maximum Gasteiger partial charge on any atom is 0.254 e. The number of piperidine rings is 1. The van der Waals surface area contributed by atoms with Crippen molar-refractivity contribution in [2.45, 2.75) is 12.8 Å². The van der Waals surface area contributed by atoms with Crippen molar-refractivity contribution in [3.8, 4) is 11.5 Å². The fraction of sp³-hybridized carbons (Fsp3) is 0.333. The third-order valence-electron chi connectivity index (χ3n) is 2.69. The lowest BCUT2D eigenvalue weighted by atomic mass is 10.1. The van der Waals surface area contributed by atoms with E-state index in [4.69, 9.17) is 0 Å². The molecule has 17 heavy (non-hydrogen) atoms. The zero-order valence-electron chi connectivity index (χ0n) is 9.22. The lowest BCUT2D eigenvalue weighted by Crippen LogP contribution is -2.40. The minimum Gasteiger partial charge on any atom is -0.508 e. The summed E-state index contributed by atoms with van der Waals surface area (Å²) >= 11 is 0. The van der Waals surface area contributed by atoms with Crippen molar-refractivity contribution in [1.82, 2.24) is 4.90 Å². The van der Waals surface area contributed by atoms with Gasteiger partial charge in [-0.15, -0.1) is 0 Å². The Hall–Kier alpha value is -2.04. The van der Waals surface area contributed by atoms with Crippen LogP contribution in [-0.2, 0) is 4.79 Å². The summed E-state index contributed by atoms with van der Waals surface area (Å²) in [6.07, 6.45) is 1.17. The molecule has 2 N–H and O–H groups in total. The molecule has 2 rings (SSSR count). The first kappa shape index (κ1) is 11.4. The normalized spacial score (nSPS) is 16.0. The summed E-state index contributed by atoms with van der Waals surface area (Å²) in [4.78, 5) is 24.7. The van der Waals surface area contributed by atoms with Gasteiger partial charge in [0.05, 0.1) is 6.54 Å². The molecule has 1 aromatic carbocycles. The molecule has 1 aliphatic rings. The van der Waals surface area contributed by atoms with Gasteiger partial charge in [0, 0.05) is 24.6 Å². The van der Waals surface area contributed by atoms with E-state index >= 15 is 0 Å². The molecule has 0 unspecified atom stereocenters. The van der Waals surface area contributed by atoms with Gasteiger partial charge in [-0.2, -0.15) is 0 Å². The highest BCUT2D eigenvalue weighted by molar-refractivity contribution is 5.98. The number of hydrogen-bond acceptors (Lipinski definition) is 4. The standard InChI is InChI=1S/C12H13NO4/c14-9-2-1-3-13(7-9)12(17)8-4-10(15)6-11(16)5-8/h4-6,15-16H,1-3,7H2. The van der Waals surface area contributed by atoms with E-state index in [1.807, 2.05) is 0 Å². The second kappa shape index (κ2) is 4.45. The third kappa shape index (κ3) is 2.55. The molecule has 90 valence electrons. The number of phenolic OH excluding ortho intramolecular Hbond substituents is 2. The molecule has 1 heterocycles. The van der Waals surface area contributed by atoms with Gasteiger partial charge in [-0.25, -0.2) is 0 Å². The average Bonchev–Trinajstić information content (AvgIpc) is 2.26. The number of likely N-dealkylation sites (tertiary alicyclic amines) is 1. The van der Waals surface area contributed by atoms with E-state index in [1.54, 1.807) is 0 Å². The first-order chi connectivity index (χ1) is 8.06. The molecule has 0 atom stereocenters. The molecule has 1 fully saturated rings. The average molecular weight is 235 g/mol. The maximum absolute atomic E-state index is 12.0. The van der Waals surface area contributed by atoms with Crippen LogP contribution in [0.5, 0.6) is 11.5 Å². The lowest BCUT2D eigenvalue weighted by Gasteiger charge is -2.25. The predicted octanol–water partition coefficient (Wildman–Crippen LogP) is 0.903. The van der Waals surface area contributed by atoms with Crippen LogP contribution < -0.4 is 0 Å². The minimum absolute atomic E-state index is 0.0361. The van der Waals surface area contributed by atoms with Crippen LogP contribution in [0.1, 0.15) is 23.2 Å². The van der Waals surface area contributed by atoms with Crippen LogP contribution >= 0.6 is 0 Å². The Bertz CT molecular complexity index is 449. The number of phenols is 2. The Morgan fingerprint density at radius 2 is 1.82 bits per heavy atom. The van der Waals surface area contributed by atoms with Crippen LogP contribution in [0.2, 0.25) is 0 Å². The smallest absolute Gasteiger partial charge is 0.254 e. The monoisotopic (exact) mass is 235 g/mol. The van der Waals surface area contributed by atoms with E-state index in [-0.39, 0.29) is 35.3 Å². The summed E-state index contributed by atoms with van der Waals surface area (Å²) in [6.45, 7) is 0.635. The fourth-order valence-corrected chi connectivity index (χ4v) is 1.91. The first-order valence-corrected chi connectivity index (χ1v) is 5.40. The van der Waals surface area contributed by atoms with Crippen molar-refractivity contribution < 1.29 is 19.8 Å². The number of carbonyl (C=O) groups excluding carboxylic acids is 2. The third-order valence-corrected chi connectivity index (χ3v) is 2.69. The van der Waals surface area contributed by atoms with Gasteiger partial charge < -0.3 is 15.1 Å². The molecule has 5 heteroatoms. The Morgan fingerprint density at radius 1 is 1.18 bits per heavy atom. The molecule has 0 aliphatic carbocycles. The van der Waals surface area contributed by atoms with Crippen LogP contribution in [0.25, 0.3) is 0 Å². The number of carbonyl (C=O) groups is 2. The van der Waals surface area contributed by atoms with E-state index in [0.29, 0.717) is 19.4 Å². The quantitative estimate of drug-likeness (QED) is 0.758. The highest BCUT2D eigenvalue weighted by Crippen LogP contribution is 2.22. The zero-order valence-corrected chi connectivity index (χ0v) is 9.22. The van der Waals surface area contributed by atoms with Crippen LogP contribution in [0.3, 0.4) is 0 Å². The molecule has 1 aromatic rings. The summed E-state index contributed by atoms with van der Waals surface area (Å²) in [6, 6.07) is 3.71. The molecule has 1 amide bonds. The topological polar surface area (TPSA) is 77.8 Å². The zero-order chi connectivity index (χ0) is 12.4. The number of amides is 1. The van der Waals surface area contributed by atoms with Crippen LogP contribution in [0, 0.1) is 0 Å². The summed E-state index contributed by atoms with van der Waals surface area (Å²) in [5.41, 5.74) is 0.192. The van der Waals surface area contributed by atoms with Crippen molar-refractivity contribution in [3.05, 3.63) is 23.8 Å². The lowest BCUT2D eigenvalue weighted by molar-refractivity contribution is -0.121. The molecule has 0 radical (unpaired) electrons. The summed E-state index contributed by atoms with van der Waals surface area (Å²) in [5, 5.41) is 18.6. The maximum atomic E-state index is 12.0. The van der Waals surface area contributed by atoms with E-state index < -0.39 is 0 Å². The highest BCUT2D eigenvalue weighted by atomic mass is 16.3. The fourth-order valence-electron chi connectivity index (χ4n) is 1.91. The van der Waals surface area contributed by atoms with Crippen molar-refractivity contribution in [2.24, 2.45) is 0 Å². The summed E-state index contributed by atoms with van der Waals surface area (Å²) < 4.78 is 0. The minimum atomic E-state index is -0.343. The number of hydrogen-bond donors (Lipinski definition) is 2. The second-order valence-corrected chi connectivity index (χ2v) is 4.11. The number of ketones is 1. The molecular formula is C12H13NO4. The number of aromatic hydroxyl groups is 2. The number of nitrogens with zero attached hydrogens (tertiary/aromatic N) is 1. The molecule has 0 aromatic heterocycles. The SMILES string of the molecule is O=C1CCCN(C(=O)c2cc(O)cc(O)c2)C1. The molecule has 0 bridgehead atoms. The van der Waals surface area contributed by atoms with Gasteiger partial charge in [-0.3, -0.25) is 9.59 Å². The summed E-state index contributed by atoms with van der Waals surface area (Å²) in [7, 11) is 0. The largest absolute Gasteiger partial charge is 0.508 e. The van der Waals surface area contributed by atoms with Gasteiger partial charge in [-0.1, -0.05) is 0 Å². The Kier molecular flexibility index (Phi) is 2.99. The number of Topliss-reactive ketones (excluding diaryl/α,β-unsaturated/α-hetero) is 1. The van der Waals surface area contributed by atoms with E-state index in [9.17, 15) is 19.8 Å². The van der Waals surface area contributed by atoms with E-state index in [0.717, 1.165) is 6.07 Å². The van der Waals surface area contributed by atoms with Gasteiger partial charge in [0.15, 0.2) is 5.78 Å². The Morgan fingerprint density at radius 3 is 2.41 bits per heavy atom. The van der Waals surface area contributed by atoms with Crippen LogP contribution in [0.15, 0.2) is 18.2 Å². The molecule has 0 spiro atoms. The molecule has 5 nitrogen and oxygen atoms in total. The predicted molar refractivity (Wildman–Crippen MR) is 59.9 cm³/mol. The molecule has 1 aliphatic heterocycles. The molecule has 0 saturated carbocycles. The van der Waals surface area contributed by atoms with Gasteiger partial charge in [0.1, 0.15) is 11.5 Å². The van der Waals surface area contributed by atoms with Crippen LogP contribution in [0.4, 0.5) is 0 Å². The summed E-state index contributed by atoms with van der Waals surface area (Å²) in [5.74, 6) is -0.647. The van der Waals surface area contributed by atoms with Crippen molar-refractivity contribution in [1.29, 1.82) is 0 Å².